The lowest BCUT2D eigenvalue weighted by Gasteiger charge is -2.19. The van der Waals surface area contributed by atoms with Crippen molar-refractivity contribution < 1.29 is 57.0 Å². The summed E-state index contributed by atoms with van der Waals surface area (Å²) in [6, 6.07) is 23.6. The third-order valence-electron chi connectivity index (χ3n) is 9.12. The first-order chi connectivity index (χ1) is 28.0. The summed E-state index contributed by atoms with van der Waals surface area (Å²) < 4.78 is 55.3. The van der Waals surface area contributed by atoms with Crippen molar-refractivity contribution in [1.82, 2.24) is 0 Å². The minimum absolute atomic E-state index is 0.205. The van der Waals surface area contributed by atoms with E-state index >= 15 is 0 Å². The zero-order valence-corrected chi connectivity index (χ0v) is 33.4. The molecule has 12 heteroatoms. The van der Waals surface area contributed by atoms with Gasteiger partial charge in [0.25, 0.3) is 0 Å². The van der Waals surface area contributed by atoms with Gasteiger partial charge in [-0.25, -0.2) is 9.59 Å². The van der Waals surface area contributed by atoms with Crippen LogP contribution in [0.1, 0.15) is 45.7 Å². The van der Waals surface area contributed by atoms with Gasteiger partial charge in [-0.2, -0.15) is 0 Å². The Morgan fingerprint density at radius 2 is 0.982 bits per heavy atom. The molecule has 0 aromatic heterocycles. The quantitative estimate of drug-likeness (QED) is 0.0421. The highest BCUT2D eigenvalue weighted by atomic mass is 16.6. The fraction of sp³-hybridized carbons (Fsp3) is 0.422. The zero-order valence-electron chi connectivity index (χ0n) is 33.4. The van der Waals surface area contributed by atoms with Gasteiger partial charge in [0, 0.05) is 14.2 Å². The molecule has 4 aromatic carbocycles. The van der Waals surface area contributed by atoms with Crippen molar-refractivity contribution in [3.8, 4) is 44.9 Å². The molecule has 12 nitrogen and oxygen atoms in total. The van der Waals surface area contributed by atoms with Gasteiger partial charge < -0.3 is 47.4 Å². The third-order valence-corrected chi connectivity index (χ3v) is 9.12. The van der Waals surface area contributed by atoms with Gasteiger partial charge in [-0.1, -0.05) is 48.5 Å². The van der Waals surface area contributed by atoms with Crippen LogP contribution in [0.15, 0.2) is 72.8 Å². The van der Waals surface area contributed by atoms with Crippen LogP contribution in [0.4, 0.5) is 0 Å². The molecule has 1 aliphatic rings. The molecule has 1 aliphatic carbocycles. The Balaban J connectivity index is 1.45. The Morgan fingerprint density at radius 1 is 0.509 bits per heavy atom. The number of esters is 2. The highest BCUT2D eigenvalue weighted by Crippen LogP contribution is 2.47. The Kier molecular flexibility index (Phi) is 17.8. The molecule has 5 rings (SSSR count). The highest BCUT2D eigenvalue weighted by molar-refractivity contribution is 6.00. The van der Waals surface area contributed by atoms with E-state index in [9.17, 15) is 9.59 Å². The van der Waals surface area contributed by atoms with E-state index in [2.05, 4.69) is 24.3 Å². The highest BCUT2D eigenvalue weighted by Gasteiger charge is 2.27. The van der Waals surface area contributed by atoms with Crippen molar-refractivity contribution in [1.29, 1.82) is 0 Å². The van der Waals surface area contributed by atoms with Crippen LogP contribution in [-0.4, -0.2) is 119 Å². The molecule has 0 saturated carbocycles. The number of hydrogen-bond donors (Lipinski definition) is 0. The van der Waals surface area contributed by atoms with Crippen molar-refractivity contribution in [3.05, 3.63) is 95.1 Å². The standard InChI is InChI=1S/C45H54O12/c1-5-54-44(46)39-30-33(11-15-41(39)56-27-25-52-23-21-50-19-17-48-3)36-13-14-37-35-10-8-7-9-32(35)29-38(37)43(36)34-12-16-42(40(31-34)45(47)55-6-2)57-28-26-53-24-22-51-20-18-49-4/h7-16,30-31H,5-6,17-29H2,1-4H3. The van der Waals surface area contributed by atoms with E-state index in [1.807, 2.05) is 30.3 Å². The van der Waals surface area contributed by atoms with E-state index < -0.39 is 11.9 Å². The van der Waals surface area contributed by atoms with E-state index in [0.717, 1.165) is 38.9 Å². The molecule has 0 fully saturated rings. The molecule has 0 saturated heterocycles. The van der Waals surface area contributed by atoms with Gasteiger partial charge in [0.05, 0.1) is 79.3 Å². The van der Waals surface area contributed by atoms with Gasteiger partial charge in [0.2, 0.25) is 0 Å². The maximum Gasteiger partial charge on any atom is 0.341 e. The topological polar surface area (TPSA) is 126 Å². The summed E-state index contributed by atoms with van der Waals surface area (Å²) in [5, 5.41) is 0. The lowest BCUT2D eigenvalue weighted by molar-refractivity contribution is 0.0177. The number of carbonyl (C=O) groups is 2. The Bertz CT molecular complexity index is 1890. The summed E-state index contributed by atoms with van der Waals surface area (Å²) in [4.78, 5) is 26.8. The number of hydrogen-bond acceptors (Lipinski definition) is 12. The number of benzene rings is 4. The Morgan fingerprint density at radius 3 is 1.53 bits per heavy atom. The average Bonchev–Trinajstić information content (AvgIpc) is 3.61. The number of carbonyl (C=O) groups excluding carboxylic acids is 2. The second-order valence-electron chi connectivity index (χ2n) is 12.8. The zero-order chi connectivity index (χ0) is 40.2. The predicted molar refractivity (Wildman–Crippen MR) is 215 cm³/mol. The van der Waals surface area contributed by atoms with Gasteiger partial charge in [0.1, 0.15) is 35.8 Å². The molecule has 0 heterocycles. The largest absolute Gasteiger partial charge is 0.490 e. The molecular weight excluding hydrogens is 732 g/mol. The molecule has 57 heavy (non-hydrogen) atoms. The molecule has 0 spiro atoms. The number of fused-ring (bicyclic) bond motifs is 3. The van der Waals surface area contributed by atoms with Crippen LogP contribution >= 0.6 is 0 Å². The summed E-state index contributed by atoms with van der Waals surface area (Å²) in [5.74, 6) is -0.206. The smallest absolute Gasteiger partial charge is 0.341 e. The maximum atomic E-state index is 13.4. The second kappa shape index (κ2) is 23.4. The van der Waals surface area contributed by atoms with Crippen molar-refractivity contribution in [3.63, 3.8) is 0 Å². The lowest BCUT2D eigenvalue weighted by Crippen LogP contribution is -2.14. The molecule has 0 radical (unpaired) electrons. The van der Waals surface area contributed by atoms with Crippen LogP contribution in [-0.2, 0) is 44.3 Å². The van der Waals surface area contributed by atoms with Crippen LogP contribution < -0.4 is 9.47 Å². The van der Waals surface area contributed by atoms with Crippen molar-refractivity contribution in [2.24, 2.45) is 0 Å². The van der Waals surface area contributed by atoms with Gasteiger partial charge in [-0.15, -0.1) is 0 Å². The summed E-state index contributed by atoms with van der Waals surface area (Å²) in [7, 11) is 3.25. The number of rotatable bonds is 26. The molecule has 0 atom stereocenters. The summed E-state index contributed by atoms with van der Waals surface area (Å²) in [6.07, 6.45) is 0.692. The molecule has 4 aromatic rings. The summed E-state index contributed by atoms with van der Waals surface area (Å²) >= 11 is 0. The minimum Gasteiger partial charge on any atom is -0.490 e. The average molecular weight is 787 g/mol. The summed E-state index contributed by atoms with van der Waals surface area (Å²) in [6.45, 7) is 8.78. The first kappa shape index (κ1) is 43.3. The van der Waals surface area contributed by atoms with Crippen LogP contribution in [0.3, 0.4) is 0 Å². The normalized spacial score (nSPS) is 11.6. The lowest BCUT2D eigenvalue weighted by atomic mass is 9.86. The maximum absolute atomic E-state index is 13.4. The van der Waals surface area contributed by atoms with Crippen molar-refractivity contribution in [2.45, 2.75) is 20.3 Å². The van der Waals surface area contributed by atoms with Crippen LogP contribution in [0.5, 0.6) is 11.5 Å². The predicted octanol–water partition coefficient (Wildman–Crippen LogP) is 7.06. The SMILES string of the molecule is CCOC(=O)c1cc(-c2ccc3c(c2-c2ccc(OCCOCCOCCOC)c(C(=O)OCC)c2)Cc2ccccc2-3)ccc1OCCOCCOCCOC. The monoisotopic (exact) mass is 786 g/mol. The first-order valence-corrected chi connectivity index (χ1v) is 19.4. The fourth-order valence-electron chi connectivity index (χ4n) is 6.50. The minimum atomic E-state index is -0.495. The second-order valence-corrected chi connectivity index (χ2v) is 12.8. The van der Waals surface area contributed by atoms with Crippen molar-refractivity contribution >= 4 is 11.9 Å². The Labute approximate surface area is 335 Å². The molecule has 0 amide bonds. The van der Waals surface area contributed by atoms with E-state index in [1.54, 1.807) is 46.3 Å². The number of ether oxygens (including phenoxy) is 10. The van der Waals surface area contributed by atoms with Gasteiger partial charge in [-0.05, 0) is 89.0 Å². The van der Waals surface area contributed by atoms with Gasteiger partial charge in [0.15, 0.2) is 0 Å². The number of methoxy groups -OCH3 is 2. The van der Waals surface area contributed by atoms with Crippen molar-refractivity contribution in [2.75, 3.05) is 107 Å². The molecule has 0 N–H and O–H groups in total. The third kappa shape index (κ3) is 12.1. The van der Waals surface area contributed by atoms with E-state index in [4.69, 9.17) is 47.4 Å². The van der Waals surface area contributed by atoms with Gasteiger partial charge in [-0.3, -0.25) is 0 Å². The van der Waals surface area contributed by atoms with Crippen LogP contribution in [0, 0.1) is 0 Å². The molecule has 0 aliphatic heterocycles. The molecule has 0 bridgehead atoms. The van der Waals surface area contributed by atoms with Crippen LogP contribution in [0.2, 0.25) is 0 Å². The van der Waals surface area contributed by atoms with E-state index in [1.165, 1.54) is 5.56 Å². The fourth-order valence-corrected chi connectivity index (χ4v) is 6.50. The summed E-state index contributed by atoms with van der Waals surface area (Å²) in [5.41, 5.74) is 8.58. The Hall–Kier alpha value is -4.82. The van der Waals surface area contributed by atoms with E-state index in [-0.39, 0.29) is 26.4 Å². The molecular formula is C45H54O12. The van der Waals surface area contributed by atoms with Gasteiger partial charge >= 0.3 is 11.9 Å². The van der Waals surface area contributed by atoms with E-state index in [0.29, 0.717) is 95.1 Å². The first-order valence-electron chi connectivity index (χ1n) is 19.4. The molecule has 0 unspecified atom stereocenters. The van der Waals surface area contributed by atoms with Crippen LogP contribution in [0.25, 0.3) is 33.4 Å². The molecule has 306 valence electrons.